The van der Waals surface area contributed by atoms with Crippen molar-refractivity contribution in [3.8, 4) is 0 Å². The van der Waals surface area contributed by atoms with Gasteiger partial charge in [0, 0.05) is 17.6 Å². The molecule has 0 radical (unpaired) electrons. The molecule has 84 valence electrons. The lowest BCUT2D eigenvalue weighted by Gasteiger charge is -2.22. The summed E-state index contributed by atoms with van der Waals surface area (Å²) in [4.78, 5) is 10.9. The Labute approximate surface area is 94.5 Å². The smallest absolute Gasteiger partial charge is 0.335 e. The Morgan fingerprint density at radius 2 is 2.06 bits per heavy atom. The van der Waals surface area contributed by atoms with Gasteiger partial charge in [0.2, 0.25) is 0 Å². The van der Waals surface area contributed by atoms with Crippen LogP contribution in [-0.2, 0) is 5.41 Å². The van der Waals surface area contributed by atoms with E-state index >= 15 is 0 Å². The van der Waals surface area contributed by atoms with Crippen molar-refractivity contribution in [3.63, 3.8) is 0 Å². The summed E-state index contributed by atoms with van der Waals surface area (Å²) in [6, 6.07) is 5.50. The van der Waals surface area contributed by atoms with Gasteiger partial charge in [-0.3, -0.25) is 0 Å². The van der Waals surface area contributed by atoms with Gasteiger partial charge in [-0.15, -0.1) is 0 Å². The predicted octanol–water partition coefficient (Wildman–Crippen LogP) is 2.62. The molecule has 0 atom stereocenters. The van der Waals surface area contributed by atoms with Crippen LogP contribution >= 0.6 is 0 Å². The molecule has 0 aromatic heterocycles. The number of aromatic carboxylic acids is 1. The van der Waals surface area contributed by atoms with E-state index in [1.165, 1.54) is 31.2 Å². The molecule has 1 aliphatic carbocycles. The van der Waals surface area contributed by atoms with E-state index in [9.17, 15) is 4.79 Å². The molecule has 1 aliphatic heterocycles. The van der Waals surface area contributed by atoms with Gasteiger partial charge in [-0.05, 0) is 30.5 Å². The minimum Gasteiger partial charge on any atom is -0.478 e. The van der Waals surface area contributed by atoms with Gasteiger partial charge in [-0.25, -0.2) is 4.79 Å². The van der Waals surface area contributed by atoms with E-state index in [4.69, 9.17) is 5.11 Å². The first-order valence-electron chi connectivity index (χ1n) is 5.83. The second kappa shape index (κ2) is 3.24. The second-order valence-corrected chi connectivity index (χ2v) is 4.91. The van der Waals surface area contributed by atoms with Gasteiger partial charge >= 0.3 is 5.97 Å². The van der Waals surface area contributed by atoms with Crippen molar-refractivity contribution >= 4 is 11.7 Å². The topological polar surface area (TPSA) is 49.3 Å². The van der Waals surface area contributed by atoms with Crippen LogP contribution in [0, 0.1) is 0 Å². The molecule has 1 fully saturated rings. The molecule has 3 nitrogen and oxygen atoms in total. The molecule has 0 bridgehead atoms. The molecule has 3 rings (SSSR count). The zero-order valence-corrected chi connectivity index (χ0v) is 9.12. The number of nitrogens with one attached hydrogen (secondary N) is 1. The van der Waals surface area contributed by atoms with E-state index < -0.39 is 5.97 Å². The van der Waals surface area contributed by atoms with E-state index in [-0.39, 0.29) is 0 Å². The highest BCUT2D eigenvalue weighted by Crippen LogP contribution is 2.47. The van der Waals surface area contributed by atoms with Crippen LogP contribution in [0.4, 0.5) is 5.69 Å². The number of carbonyl (C=O) groups is 1. The number of fused-ring (bicyclic) bond motifs is 2. The highest BCUT2D eigenvalue weighted by atomic mass is 16.4. The van der Waals surface area contributed by atoms with Crippen molar-refractivity contribution in [3.05, 3.63) is 29.3 Å². The van der Waals surface area contributed by atoms with Gasteiger partial charge in [0.05, 0.1) is 5.56 Å². The summed E-state index contributed by atoms with van der Waals surface area (Å²) in [6.45, 7) is 0.978. The number of hydrogen-bond donors (Lipinski definition) is 2. The second-order valence-electron chi connectivity index (χ2n) is 4.91. The molecule has 1 aromatic rings. The quantitative estimate of drug-likeness (QED) is 0.760. The molecule has 2 aliphatic rings. The molecular weight excluding hydrogens is 202 g/mol. The van der Waals surface area contributed by atoms with Crippen molar-refractivity contribution < 1.29 is 9.90 Å². The molecular formula is C13H15NO2. The Morgan fingerprint density at radius 3 is 2.75 bits per heavy atom. The van der Waals surface area contributed by atoms with Crippen LogP contribution in [0.25, 0.3) is 0 Å². The van der Waals surface area contributed by atoms with Crippen molar-refractivity contribution in [2.75, 3.05) is 11.9 Å². The van der Waals surface area contributed by atoms with Crippen molar-refractivity contribution in [2.24, 2.45) is 0 Å². The van der Waals surface area contributed by atoms with Crippen molar-refractivity contribution in [1.82, 2.24) is 0 Å². The van der Waals surface area contributed by atoms with Gasteiger partial charge in [0.15, 0.2) is 0 Å². The molecule has 16 heavy (non-hydrogen) atoms. The Morgan fingerprint density at radius 1 is 1.31 bits per heavy atom. The van der Waals surface area contributed by atoms with Gasteiger partial charge in [-0.1, -0.05) is 18.9 Å². The summed E-state index contributed by atoms with van der Waals surface area (Å²) in [5.74, 6) is -0.850. The average molecular weight is 217 g/mol. The minimum atomic E-state index is -0.850. The number of hydrogen-bond acceptors (Lipinski definition) is 2. The van der Waals surface area contributed by atoms with Crippen LogP contribution in [0.5, 0.6) is 0 Å². The number of benzene rings is 1. The Balaban J connectivity index is 2.05. The van der Waals surface area contributed by atoms with Crippen LogP contribution in [0.3, 0.4) is 0 Å². The van der Waals surface area contributed by atoms with E-state index in [0.29, 0.717) is 11.0 Å². The summed E-state index contributed by atoms with van der Waals surface area (Å²) in [5, 5.41) is 12.3. The first kappa shape index (κ1) is 9.70. The molecule has 0 unspecified atom stereocenters. The average Bonchev–Trinajstić information content (AvgIpc) is 2.88. The van der Waals surface area contributed by atoms with Crippen molar-refractivity contribution in [1.29, 1.82) is 0 Å². The largest absolute Gasteiger partial charge is 0.478 e. The monoisotopic (exact) mass is 217 g/mol. The summed E-state index contributed by atoms with van der Waals surface area (Å²) in [5.41, 5.74) is 3.03. The van der Waals surface area contributed by atoms with Gasteiger partial charge in [0.25, 0.3) is 0 Å². The fraction of sp³-hybridized carbons (Fsp3) is 0.462. The zero-order chi connectivity index (χ0) is 11.2. The normalized spacial score (nSPS) is 20.8. The lowest BCUT2D eigenvalue weighted by atomic mass is 9.80. The zero-order valence-electron chi connectivity index (χ0n) is 9.12. The molecule has 0 saturated heterocycles. The Bertz CT molecular complexity index is 447. The minimum absolute atomic E-state index is 0.298. The third-order valence-electron chi connectivity index (χ3n) is 4.02. The summed E-state index contributed by atoms with van der Waals surface area (Å²) >= 11 is 0. The van der Waals surface area contributed by atoms with Crippen LogP contribution in [-0.4, -0.2) is 17.6 Å². The standard InChI is InChI=1S/C13H15NO2/c15-12(16)9-3-4-10-11(7-9)14-8-13(10)5-1-2-6-13/h3-4,7,14H,1-2,5-6,8H2,(H,15,16). The number of carboxylic acid groups (broad SMARTS) is 1. The lowest BCUT2D eigenvalue weighted by Crippen LogP contribution is -2.23. The molecule has 3 heteroatoms. The van der Waals surface area contributed by atoms with Crippen LogP contribution < -0.4 is 5.32 Å². The molecule has 1 spiro atoms. The van der Waals surface area contributed by atoms with Gasteiger partial charge in [0.1, 0.15) is 0 Å². The molecule has 2 N–H and O–H groups in total. The van der Waals surface area contributed by atoms with E-state index in [0.717, 1.165) is 12.2 Å². The summed E-state index contributed by atoms with van der Waals surface area (Å²) in [6.07, 6.45) is 5.06. The fourth-order valence-electron chi connectivity index (χ4n) is 3.14. The third-order valence-corrected chi connectivity index (χ3v) is 4.02. The maximum atomic E-state index is 10.9. The van der Waals surface area contributed by atoms with Crippen molar-refractivity contribution in [2.45, 2.75) is 31.1 Å². The highest BCUT2D eigenvalue weighted by Gasteiger charge is 2.41. The molecule has 1 aromatic carbocycles. The third kappa shape index (κ3) is 1.24. The first-order chi connectivity index (χ1) is 7.71. The van der Waals surface area contributed by atoms with E-state index in [1.807, 2.05) is 6.07 Å². The predicted molar refractivity (Wildman–Crippen MR) is 62.0 cm³/mol. The number of carboxylic acids is 1. The van der Waals surface area contributed by atoms with Crippen LogP contribution in [0.2, 0.25) is 0 Å². The van der Waals surface area contributed by atoms with Gasteiger partial charge in [-0.2, -0.15) is 0 Å². The molecule has 1 saturated carbocycles. The van der Waals surface area contributed by atoms with Crippen LogP contribution in [0.15, 0.2) is 18.2 Å². The van der Waals surface area contributed by atoms with E-state index in [2.05, 4.69) is 5.32 Å². The SMILES string of the molecule is O=C(O)c1ccc2c(c1)NCC21CCCC1. The van der Waals surface area contributed by atoms with Gasteiger partial charge < -0.3 is 10.4 Å². The number of anilines is 1. The molecule has 0 amide bonds. The Hall–Kier alpha value is -1.51. The number of rotatable bonds is 1. The lowest BCUT2D eigenvalue weighted by molar-refractivity contribution is 0.0697. The van der Waals surface area contributed by atoms with E-state index in [1.54, 1.807) is 12.1 Å². The summed E-state index contributed by atoms with van der Waals surface area (Å²) in [7, 11) is 0. The highest BCUT2D eigenvalue weighted by molar-refractivity contribution is 5.89. The fourth-order valence-corrected chi connectivity index (χ4v) is 3.14. The summed E-state index contributed by atoms with van der Waals surface area (Å²) < 4.78 is 0. The first-order valence-corrected chi connectivity index (χ1v) is 5.83. The Kier molecular flexibility index (Phi) is 1.96. The maximum Gasteiger partial charge on any atom is 0.335 e. The molecule has 1 heterocycles. The van der Waals surface area contributed by atoms with Crippen LogP contribution in [0.1, 0.15) is 41.6 Å². The maximum absolute atomic E-state index is 10.9.